The van der Waals surface area contributed by atoms with Gasteiger partial charge in [0.25, 0.3) is 11.6 Å². The maximum atomic E-state index is 13.4. The Bertz CT molecular complexity index is 877. The number of non-ortho nitro benzene ring substituents is 1. The second kappa shape index (κ2) is 7.36. The lowest BCUT2D eigenvalue weighted by molar-refractivity contribution is -0.384. The Morgan fingerprint density at radius 3 is 2.59 bits per heavy atom. The van der Waals surface area contributed by atoms with Crippen molar-refractivity contribution in [2.75, 3.05) is 42.6 Å². The highest BCUT2D eigenvalue weighted by atomic mass is 16.6. The molecule has 4 rings (SSSR count). The quantitative estimate of drug-likeness (QED) is 0.616. The normalized spacial score (nSPS) is 16.7. The SMILES string of the molecule is O=C(c1cc([N+](=O)[O-])ccc1N1CCOCC1)N1CCCc2ccccc21. The van der Waals surface area contributed by atoms with Gasteiger partial charge in [-0.15, -0.1) is 0 Å². The number of hydrogen-bond donors (Lipinski definition) is 0. The van der Waals surface area contributed by atoms with Crippen molar-refractivity contribution in [1.82, 2.24) is 0 Å². The van der Waals surface area contributed by atoms with E-state index in [1.807, 2.05) is 24.3 Å². The molecule has 0 saturated carbocycles. The van der Waals surface area contributed by atoms with Crippen molar-refractivity contribution in [2.24, 2.45) is 0 Å². The van der Waals surface area contributed by atoms with Crippen molar-refractivity contribution >= 4 is 23.0 Å². The minimum Gasteiger partial charge on any atom is -0.378 e. The van der Waals surface area contributed by atoms with Gasteiger partial charge >= 0.3 is 0 Å². The molecule has 27 heavy (non-hydrogen) atoms. The molecule has 0 unspecified atom stereocenters. The fourth-order valence-corrected chi connectivity index (χ4v) is 3.78. The van der Waals surface area contributed by atoms with E-state index in [9.17, 15) is 14.9 Å². The molecule has 0 aliphatic carbocycles. The van der Waals surface area contributed by atoms with Crippen LogP contribution in [0.3, 0.4) is 0 Å². The molecule has 0 aromatic heterocycles. The van der Waals surface area contributed by atoms with Gasteiger partial charge in [0, 0.05) is 37.5 Å². The Kier molecular flexibility index (Phi) is 4.77. The van der Waals surface area contributed by atoms with Gasteiger partial charge in [0.1, 0.15) is 0 Å². The Morgan fingerprint density at radius 1 is 1.04 bits per heavy atom. The molecule has 1 fully saturated rings. The second-order valence-electron chi connectivity index (χ2n) is 6.75. The van der Waals surface area contributed by atoms with Crippen LogP contribution in [0.2, 0.25) is 0 Å². The molecule has 2 aliphatic rings. The molecule has 2 aromatic rings. The van der Waals surface area contributed by atoms with E-state index in [0.29, 0.717) is 38.4 Å². The first-order chi connectivity index (χ1) is 13.1. The van der Waals surface area contributed by atoms with Crippen LogP contribution in [0.15, 0.2) is 42.5 Å². The molecule has 7 nitrogen and oxygen atoms in total. The smallest absolute Gasteiger partial charge is 0.270 e. The average molecular weight is 367 g/mol. The van der Waals surface area contributed by atoms with Crippen LogP contribution >= 0.6 is 0 Å². The van der Waals surface area contributed by atoms with Crippen LogP contribution in [-0.2, 0) is 11.2 Å². The molecule has 1 saturated heterocycles. The van der Waals surface area contributed by atoms with E-state index in [1.54, 1.807) is 11.0 Å². The average Bonchev–Trinajstić information content (AvgIpc) is 2.73. The molecule has 2 aliphatic heterocycles. The summed E-state index contributed by atoms with van der Waals surface area (Å²) in [5.74, 6) is -0.188. The Hall–Kier alpha value is -2.93. The van der Waals surface area contributed by atoms with Gasteiger partial charge in [-0.1, -0.05) is 18.2 Å². The van der Waals surface area contributed by atoms with Gasteiger partial charge in [0.2, 0.25) is 0 Å². The van der Waals surface area contributed by atoms with E-state index >= 15 is 0 Å². The Balaban J connectivity index is 1.76. The van der Waals surface area contributed by atoms with E-state index in [4.69, 9.17) is 4.74 Å². The fraction of sp³-hybridized carbons (Fsp3) is 0.350. The number of carbonyl (C=O) groups excluding carboxylic acids is 1. The number of aryl methyl sites for hydroxylation is 1. The molecule has 1 amide bonds. The predicted molar refractivity (Wildman–Crippen MR) is 103 cm³/mol. The Morgan fingerprint density at radius 2 is 1.81 bits per heavy atom. The van der Waals surface area contributed by atoms with Crippen LogP contribution in [0.4, 0.5) is 17.1 Å². The van der Waals surface area contributed by atoms with Crippen LogP contribution in [0.1, 0.15) is 22.3 Å². The number of carbonyl (C=O) groups is 1. The number of nitro groups is 1. The van der Waals surface area contributed by atoms with E-state index in [2.05, 4.69) is 4.90 Å². The third-order valence-corrected chi connectivity index (χ3v) is 5.13. The number of anilines is 2. The van der Waals surface area contributed by atoms with Crippen molar-refractivity contribution in [3.05, 3.63) is 63.7 Å². The summed E-state index contributed by atoms with van der Waals surface area (Å²) < 4.78 is 5.40. The van der Waals surface area contributed by atoms with E-state index in [1.165, 1.54) is 12.1 Å². The highest BCUT2D eigenvalue weighted by Gasteiger charge is 2.28. The van der Waals surface area contributed by atoms with Gasteiger partial charge in [-0.3, -0.25) is 14.9 Å². The maximum Gasteiger partial charge on any atom is 0.270 e. The van der Waals surface area contributed by atoms with Crippen LogP contribution in [0.25, 0.3) is 0 Å². The first-order valence-corrected chi connectivity index (χ1v) is 9.16. The van der Waals surface area contributed by atoms with E-state index in [0.717, 1.165) is 29.8 Å². The molecule has 0 atom stereocenters. The summed E-state index contributed by atoms with van der Waals surface area (Å²) in [4.78, 5) is 28.1. The first kappa shape index (κ1) is 17.5. The van der Waals surface area contributed by atoms with Crippen molar-refractivity contribution < 1.29 is 14.5 Å². The molecule has 0 radical (unpaired) electrons. The lowest BCUT2D eigenvalue weighted by Crippen LogP contribution is -2.40. The third-order valence-electron chi connectivity index (χ3n) is 5.13. The van der Waals surface area contributed by atoms with Gasteiger partial charge in [0.15, 0.2) is 0 Å². The number of rotatable bonds is 3. The zero-order chi connectivity index (χ0) is 18.8. The molecule has 0 spiro atoms. The predicted octanol–water partition coefficient (Wildman–Crippen LogP) is 3.02. The molecule has 0 bridgehead atoms. The van der Waals surface area contributed by atoms with Crippen molar-refractivity contribution in [3.8, 4) is 0 Å². The number of fused-ring (bicyclic) bond motifs is 1. The minimum atomic E-state index is -0.454. The molecule has 140 valence electrons. The highest BCUT2D eigenvalue weighted by Crippen LogP contribution is 2.32. The molecule has 0 N–H and O–H groups in total. The van der Waals surface area contributed by atoms with Crippen molar-refractivity contribution in [2.45, 2.75) is 12.8 Å². The molecular weight excluding hydrogens is 346 g/mol. The van der Waals surface area contributed by atoms with Crippen molar-refractivity contribution in [1.29, 1.82) is 0 Å². The number of nitro benzene ring substituents is 1. The number of amides is 1. The summed E-state index contributed by atoms with van der Waals surface area (Å²) in [7, 11) is 0. The van der Waals surface area contributed by atoms with Gasteiger partial charge in [-0.2, -0.15) is 0 Å². The summed E-state index contributed by atoms with van der Waals surface area (Å²) >= 11 is 0. The zero-order valence-electron chi connectivity index (χ0n) is 15.0. The van der Waals surface area contributed by atoms with Gasteiger partial charge in [-0.05, 0) is 30.5 Å². The second-order valence-corrected chi connectivity index (χ2v) is 6.75. The number of ether oxygens (including phenoxy) is 1. The van der Waals surface area contributed by atoms with E-state index in [-0.39, 0.29) is 11.6 Å². The monoisotopic (exact) mass is 367 g/mol. The first-order valence-electron chi connectivity index (χ1n) is 9.16. The number of morpholine rings is 1. The minimum absolute atomic E-state index is 0.0688. The van der Waals surface area contributed by atoms with Crippen LogP contribution in [0, 0.1) is 10.1 Å². The standard InChI is InChI=1S/C20H21N3O4/c24-20(22-9-3-5-15-4-1-2-6-18(15)22)17-14-16(23(25)26)7-8-19(17)21-10-12-27-13-11-21/h1-2,4,6-8,14H,3,5,9-13H2. The van der Waals surface area contributed by atoms with Crippen LogP contribution in [-0.4, -0.2) is 43.7 Å². The molecular formula is C20H21N3O4. The van der Waals surface area contributed by atoms with Crippen LogP contribution < -0.4 is 9.80 Å². The van der Waals surface area contributed by atoms with Gasteiger partial charge in [0.05, 0.1) is 29.4 Å². The number of hydrogen-bond acceptors (Lipinski definition) is 5. The van der Waals surface area contributed by atoms with Gasteiger partial charge in [-0.25, -0.2) is 0 Å². The fourth-order valence-electron chi connectivity index (χ4n) is 3.78. The largest absolute Gasteiger partial charge is 0.378 e. The summed E-state index contributed by atoms with van der Waals surface area (Å²) in [6, 6.07) is 12.4. The summed E-state index contributed by atoms with van der Waals surface area (Å²) in [6.45, 7) is 3.10. The Labute approximate surface area is 157 Å². The number of para-hydroxylation sites is 1. The maximum absolute atomic E-state index is 13.4. The topological polar surface area (TPSA) is 75.9 Å². The summed E-state index contributed by atoms with van der Waals surface area (Å²) in [5, 5.41) is 11.3. The van der Waals surface area contributed by atoms with E-state index < -0.39 is 4.92 Å². The summed E-state index contributed by atoms with van der Waals surface area (Å²) in [5.41, 5.74) is 3.07. The number of nitrogens with zero attached hydrogens (tertiary/aromatic N) is 3. The van der Waals surface area contributed by atoms with Crippen LogP contribution in [0.5, 0.6) is 0 Å². The lowest BCUT2D eigenvalue weighted by atomic mass is 10.00. The highest BCUT2D eigenvalue weighted by molar-refractivity contribution is 6.10. The molecule has 2 heterocycles. The number of benzene rings is 2. The molecule has 7 heteroatoms. The van der Waals surface area contributed by atoms with Crippen molar-refractivity contribution in [3.63, 3.8) is 0 Å². The zero-order valence-corrected chi connectivity index (χ0v) is 15.0. The lowest BCUT2D eigenvalue weighted by Gasteiger charge is -2.33. The summed E-state index contributed by atoms with van der Waals surface area (Å²) in [6.07, 6.45) is 1.82. The molecule has 2 aromatic carbocycles. The third kappa shape index (κ3) is 3.38. The van der Waals surface area contributed by atoms with Gasteiger partial charge < -0.3 is 14.5 Å².